The fraction of sp³-hybridized carbons (Fsp3) is 0.909. The number of aliphatic hydroxyl groups is 1. The Bertz CT molecular complexity index is 196. The highest BCUT2D eigenvalue weighted by Crippen LogP contribution is 2.27. The number of esters is 1. The first-order chi connectivity index (χ1) is 6.76. The van der Waals surface area contributed by atoms with E-state index in [9.17, 15) is 4.79 Å². The van der Waals surface area contributed by atoms with E-state index in [4.69, 9.17) is 9.84 Å². The first-order valence-corrected chi connectivity index (χ1v) is 6.42. The predicted octanol–water partition coefficient (Wildman–Crippen LogP) is 2.08. The van der Waals surface area contributed by atoms with Gasteiger partial charge >= 0.3 is 5.97 Å². The van der Waals surface area contributed by atoms with Gasteiger partial charge in [0.15, 0.2) is 0 Å². The van der Waals surface area contributed by atoms with E-state index in [0.29, 0.717) is 0 Å². The molecule has 0 radical (unpaired) electrons. The van der Waals surface area contributed by atoms with Crippen molar-refractivity contribution in [2.75, 3.05) is 12.9 Å². The Labute approximate surface area is 96.6 Å². The van der Waals surface area contributed by atoms with Gasteiger partial charge in [-0.15, -0.1) is 0 Å². The molecule has 0 aromatic heterocycles. The summed E-state index contributed by atoms with van der Waals surface area (Å²) in [6.45, 7) is 7.97. The Hall–Kier alpha value is -0.220. The van der Waals surface area contributed by atoms with Crippen LogP contribution in [-0.4, -0.2) is 35.3 Å². The normalized spacial score (nSPS) is 15.9. The lowest BCUT2D eigenvalue weighted by Crippen LogP contribution is -2.27. The zero-order chi connectivity index (χ0) is 12.1. The van der Waals surface area contributed by atoms with Crippen LogP contribution < -0.4 is 0 Å². The Morgan fingerprint density at radius 1 is 1.47 bits per heavy atom. The van der Waals surface area contributed by atoms with Crippen molar-refractivity contribution in [2.24, 2.45) is 5.41 Å². The molecule has 0 rings (SSSR count). The lowest BCUT2D eigenvalue weighted by molar-refractivity contribution is -0.146. The van der Waals surface area contributed by atoms with Gasteiger partial charge in [0.05, 0.1) is 6.10 Å². The van der Waals surface area contributed by atoms with Crippen molar-refractivity contribution in [2.45, 2.75) is 45.5 Å². The Morgan fingerprint density at radius 2 is 2.00 bits per heavy atom. The molecule has 0 fully saturated rings. The topological polar surface area (TPSA) is 46.5 Å². The summed E-state index contributed by atoms with van der Waals surface area (Å²) in [7, 11) is 0. The smallest absolute Gasteiger partial charge is 0.319 e. The van der Waals surface area contributed by atoms with Gasteiger partial charge in [0.25, 0.3) is 0 Å². The first kappa shape index (κ1) is 14.8. The maximum absolute atomic E-state index is 11.6. The molecule has 4 heteroatoms. The molecule has 3 nitrogen and oxygen atoms in total. The molecular formula is C11H22O3S. The van der Waals surface area contributed by atoms with Crippen LogP contribution in [0.4, 0.5) is 0 Å². The second-order valence-corrected chi connectivity index (χ2v) is 6.01. The minimum atomic E-state index is -0.592. The van der Waals surface area contributed by atoms with Gasteiger partial charge in [-0.2, -0.15) is 11.8 Å². The van der Waals surface area contributed by atoms with E-state index < -0.39 is 6.10 Å². The quantitative estimate of drug-likeness (QED) is 0.740. The molecule has 0 aromatic rings. The van der Waals surface area contributed by atoms with Gasteiger partial charge in [-0.05, 0) is 25.0 Å². The maximum Gasteiger partial charge on any atom is 0.319 e. The Balaban J connectivity index is 4.11. The molecule has 0 bridgehead atoms. The van der Waals surface area contributed by atoms with Gasteiger partial charge in [-0.25, -0.2) is 0 Å². The highest BCUT2D eigenvalue weighted by molar-refractivity contribution is 7.99. The van der Waals surface area contributed by atoms with E-state index in [1.165, 1.54) is 11.8 Å². The van der Waals surface area contributed by atoms with Crippen LogP contribution in [0.5, 0.6) is 0 Å². The standard InChI is InChI=1S/C11H22O3S/c1-8(12)7-14-10(13)9(15-5)6-11(2,3)4/h8-9,12H,6-7H2,1-5H3. The van der Waals surface area contributed by atoms with E-state index in [2.05, 4.69) is 20.8 Å². The number of hydrogen-bond donors (Lipinski definition) is 1. The molecule has 0 saturated carbocycles. The van der Waals surface area contributed by atoms with Crippen LogP contribution in [0, 0.1) is 5.41 Å². The maximum atomic E-state index is 11.6. The zero-order valence-corrected chi connectivity index (χ0v) is 11.1. The molecule has 0 saturated heterocycles. The Kier molecular flexibility index (Phi) is 6.29. The summed E-state index contributed by atoms with van der Waals surface area (Å²) in [6, 6.07) is 0. The molecule has 0 spiro atoms. The average molecular weight is 234 g/mol. The van der Waals surface area contributed by atoms with E-state index in [0.717, 1.165) is 6.42 Å². The number of thioether (sulfide) groups is 1. The first-order valence-electron chi connectivity index (χ1n) is 5.14. The van der Waals surface area contributed by atoms with Gasteiger partial charge in [-0.3, -0.25) is 4.79 Å². The largest absolute Gasteiger partial charge is 0.462 e. The van der Waals surface area contributed by atoms with Crippen LogP contribution in [0.3, 0.4) is 0 Å². The highest BCUT2D eigenvalue weighted by Gasteiger charge is 2.25. The van der Waals surface area contributed by atoms with Gasteiger partial charge in [0.2, 0.25) is 0 Å². The summed E-state index contributed by atoms with van der Waals surface area (Å²) in [5.41, 5.74) is 0.109. The molecule has 0 heterocycles. The molecule has 2 unspecified atom stereocenters. The molecule has 0 aliphatic heterocycles. The van der Waals surface area contributed by atoms with Crippen molar-refractivity contribution in [3.05, 3.63) is 0 Å². The third-order valence-corrected chi connectivity index (χ3v) is 2.74. The lowest BCUT2D eigenvalue weighted by atomic mass is 9.90. The average Bonchev–Trinajstić information content (AvgIpc) is 2.08. The molecule has 0 aliphatic carbocycles. The van der Waals surface area contributed by atoms with Gasteiger partial charge in [0, 0.05) is 0 Å². The monoisotopic (exact) mass is 234 g/mol. The molecule has 90 valence electrons. The number of aliphatic hydroxyl groups excluding tert-OH is 1. The number of hydrogen-bond acceptors (Lipinski definition) is 4. The summed E-state index contributed by atoms with van der Waals surface area (Å²) in [5, 5.41) is 8.87. The number of carbonyl (C=O) groups excluding carboxylic acids is 1. The van der Waals surface area contributed by atoms with Gasteiger partial charge in [-0.1, -0.05) is 20.8 Å². The van der Waals surface area contributed by atoms with Crippen molar-refractivity contribution in [3.63, 3.8) is 0 Å². The van der Waals surface area contributed by atoms with Crippen LogP contribution >= 0.6 is 11.8 Å². The minimum absolute atomic E-state index is 0.0834. The third kappa shape index (κ3) is 7.68. The molecular weight excluding hydrogens is 212 g/mol. The SMILES string of the molecule is CSC(CC(C)(C)C)C(=O)OCC(C)O. The third-order valence-electron chi connectivity index (χ3n) is 1.81. The van der Waals surface area contributed by atoms with Crippen LogP contribution in [0.2, 0.25) is 0 Å². The number of carbonyl (C=O) groups is 1. The van der Waals surface area contributed by atoms with Crippen LogP contribution in [0.25, 0.3) is 0 Å². The summed E-state index contributed by atoms with van der Waals surface area (Å²) in [5.74, 6) is -0.224. The molecule has 2 atom stereocenters. The summed E-state index contributed by atoms with van der Waals surface area (Å²) in [4.78, 5) is 11.6. The second-order valence-electron chi connectivity index (χ2n) is 4.97. The van der Waals surface area contributed by atoms with E-state index in [1.807, 2.05) is 6.26 Å². The molecule has 0 aliphatic rings. The number of rotatable bonds is 5. The molecule has 1 N–H and O–H groups in total. The van der Waals surface area contributed by atoms with E-state index in [-0.39, 0.29) is 23.2 Å². The fourth-order valence-corrected chi connectivity index (χ4v) is 2.04. The van der Waals surface area contributed by atoms with Gasteiger partial charge in [0.1, 0.15) is 11.9 Å². The van der Waals surface area contributed by atoms with Crippen LogP contribution in [0.1, 0.15) is 34.1 Å². The summed E-state index contributed by atoms with van der Waals surface area (Å²) >= 11 is 1.50. The Morgan fingerprint density at radius 3 is 2.33 bits per heavy atom. The van der Waals surface area contributed by atoms with Crippen molar-refractivity contribution in [1.29, 1.82) is 0 Å². The number of ether oxygens (including phenoxy) is 1. The molecule has 0 amide bonds. The zero-order valence-electron chi connectivity index (χ0n) is 10.2. The second kappa shape index (κ2) is 6.38. The summed E-state index contributed by atoms with van der Waals surface area (Å²) in [6.07, 6.45) is 2.10. The molecule has 0 aromatic carbocycles. The van der Waals surface area contributed by atoms with Crippen LogP contribution in [-0.2, 0) is 9.53 Å². The van der Waals surface area contributed by atoms with Crippen molar-refractivity contribution < 1.29 is 14.6 Å². The minimum Gasteiger partial charge on any atom is -0.462 e. The summed E-state index contributed by atoms with van der Waals surface area (Å²) < 4.78 is 4.99. The van der Waals surface area contributed by atoms with Crippen molar-refractivity contribution >= 4 is 17.7 Å². The van der Waals surface area contributed by atoms with E-state index in [1.54, 1.807) is 6.92 Å². The van der Waals surface area contributed by atoms with Crippen LogP contribution in [0.15, 0.2) is 0 Å². The van der Waals surface area contributed by atoms with E-state index >= 15 is 0 Å². The lowest BCUT2D eigenvalue weighted by Gasteiger charge is -2.23. The molecule has 15 heavy (non-hydrogen) atoms. The van der Waals surface area contributed by atoms with Gasteiger partial charge < -0.3 is 9.84 Å². The van der Waals surface area contributed by atoms with Crippen molar-refractivity contribution in [1.82, 2.24) is 0 Å². The van der Waals surface area contributed by atoms with Crippen molar-refractivity contribution in [3.8, 4) is 0 Å². The predicted molar refractivity (Wildman–Crippen MR) is 64.0 cm³/mol. The fourth-order valence-electron chi connectivity index (χ4n) is 1.11. The highest BCUT2D eigenvalue weighted by atomic mass is 32.2.